The molecule has 136 valence electrons. The zero-order valence-electron chi connectivity index (χ0n) is 15.2. The lowest BCUT2D eigenvalue weighted by Crippen LogP contribution is -2.31. The largest absolute Gasteiger partial charge is 0.349 e. The molecule has 0 fully saturated rings. The third-order valence-corrected chi connectivity index (χ3v) is 4.54. The number of rotatable bonds is 6. The summed E-state index contributed by atoms with van der Waals surface area (Å²) in [4.78, 5) is 16.6. The summed E-state index contributed by atoms with van der Waals surface area (Å²) in [5.74, 6) is 0.293. The Morgan fingerprint density at radius 2 is 2.04 bits per heavy atom. The van der Waals surface area contributed by atoms with Gasteiger partial charge in [-0.15, -0.1) is 0 Å². The van der Waals surface area contributed by atoms with Crippen molar-refractivity contribution in [2.24, 2.45) is 5.92 Å². The van der Waals surface area contributed by atoms with Crippen LogP contribution in [0.3, 0.4) is 0 Å². The minimum atomic E-state index is -0.278. The average Bonchev–Trinajstić information content (AvgIpc) is 2.63. The van der Waals surface area contributed by atoms with Crippen LogP contribution in [0, 0.1) is 5.92 Å². The summed E-state index contributed by atoms with van der Waals surface area (Å²) in [7, 11) is 0. The maximum atomic E-state index is 13.6. The van der Waals surface area contributed by atoms with Crippen molar-refractivity contribution in [2.45, 2.75) is 39.3 Å². The quantitative estimate of drug-likeness (QED) is 0.851. The summed E-state index contributed by atoms with van der Waals surface area (Å²) in [5, 5.41) is 3.24. The van der Waals surface area contributed by atoms with E-state index in [9.17, 15) is 9.18 Å². The second kappa shape index (κ2) is 8.13. The third kappa shape index (κ3) is 4.28. The molecule has 3 rings (SSSR count). The minimum absolute atomic E-state index is 0.104. The Morgan fingerprint density at radius 3 is 2.77 bits per heavy atom. The van der Waals surface area contributed by atoms with Gasteiger partial charge in [-0.3, -0.25) is 4.79 Å². The van der Waals surface area contributed by atoms with Crippen LogP contribution >= 0.6 is 0 Å². The van der Waals surface area contributed by atoms with Crippen molar-refractivity contribution >= 4 is 5.95 Å². The van der Waals surface area contributed by atoms with Gasteiger partial charge in [0.05, 0.1) is 12.6 Å². The summed E-state index contributed by atoms with van der Waals surface area (Å²) in [6.07, 6.45) is 8.27. The number of anilines is 1. The molecule has 0 radical (unpaired) electrons. The summed E-state index contributed by atoms with van der Waals surface area (Å²) < 4.78 is 15.6. The smallest absolute Gasteiger partial charge is 0.277 e. The Hall–Kier alpha value is -2.69. The van der Waals surface area contributed by atoms with Gasteiger partial charge in [0.2, 0.25) is 5.95 Å². The summed E-state index contributed by atoms with van der Waals surface area (Å²) in [6.45, 7) is 4.63. The minimum Gasteiger partial charge on any atom is -0.349 e. The van der Waals surface area contributed by atoms with E-state index < -0.39 is 0 Å². The van der Waals surface area contributed by atoms with Gasteiger partial charge in [-0.05, 0) is 30.1 Å². The normalized spacial score (nSPS) is 19.3. The molecule has 1 aliphatic carbocycles. The number of hydrogen-bond donors (Lipinski definition) is 1. The van der Waals surface area contributed by atoms with E-state index in [4.69, 9.17) is 0 Å². The molecule has 5 heteroatoms. The summed E-state index contributed by atoms with van der Waals surface area (Å²) in [6, 6.07) is 9.76. The molecule has 1 aromatic carbocycles. The van der Waals surface area contributed by atoms with E-state index in [0.717, 1.165) is 12.0 Å². The fourth-order valence-electron chi connectivity index (χ4n) is 3.06. The maximum Gasteiger partial charge on any atom is 0.277 e. The molecule has 1 N–H and O–H groups in total. The SMILES string of the molecule is CCCc1cn(Cc2ccccc2)c(NC2C=C(F)C=CC2C)nc1=O. The van der Waals surface area contributed by atoms with Gasteiger partial charge >= 0.3 is 0 Å². The molecule has 26 heavy (non-hydrogen) atoms. The van der Waals surface area contributed by atoms with E-state index in [1.165, 1.54) is 12.2 Å². The lowest BCUT2D eigenvalue weighted by atomic mass is 9.97. The number of aromatic nitrogens is 2. The molecule has 0 saturated heterocycles. The molecule has 0 amide bonds. The number of benzene rings is 1. The first-order chi connectivity index (χ1) is 12.6. The Bertz CT molecular complexity index is 871. The number of aryl methyl sites for hydroxylation is 1. The van der Waals surface area contributed by atoms with Crippen LogP contribution in [0.25, 0.3) is 0 Å². The van der Waals surface area contributed by atoms with Crippen LogP contribution in [0.15, 0.2) is 65.4 Å². The van der Waals surface area contributed by atoms with E-state index in [2.05, 4.69) is 10.3 Å². The standard InChI is InChI=1S/C21H24FN3O/c1-3-7-17-14-25(13-16-8-5-4-6-9-16)21(24-20(17)26)23-19-12-18(22)11-10-15(19)2/h4-6,8-12,14-15,19H,3,7,13H2,1-2H3,(H,23,24,26). The molecule has 2 atom stereocenters. The lowest BCUT2D eigenvalue weighted by molar-refractivity contribution is 0.587. The average molecular weight is 353 g/mol. The fourth-order valence-corrected chi connectivity index (χ4v) is 3.06. The molecule has 0 saturated carbocycles. The first-order valence-electron chi connectivity index (χ1n) is 9.03. The van der Waals surface area contributed by atoms with Gasteiger partial charge in [-0.2, -0.15) is 4.98 Å². The summed E-state index contributed by atoms with van der Waals surface area (Å²) >= 11 is 0. The highest BCUT2D eigenvalue weighted by Crippen LogP contribution is 2.21. The van der Waals surface area contributed by atoms with Crippen molar-refractivity contribution in [1.29, 1.82) is 0 Å². The van der Waals surface area contributed by atoms with Gasteiger partial charge in [0, 0.05) is 11.8 Å². The van der Waals surface area contributed by atoms with E-state index >= 15 is 0 Å². The van der Waals surface area contributed by atoms with E-state index in [0.29, 0.717) is 24.5 Å². The molecule has 2 unspecified atom stereocenters. The van der Waals surface area contributed by atoms with Gasteiger partial charge in [-0.25, -0.2) is 4.39 Å². The van der Waals surface area contributed by atoms with Crippen molar-refractivity contribution in [1.82, 2.24) is 9.55 Å². The van der Waals surface area contributed by atoms with Crippen LogP contribution in [0.4, 0.5) is 10.3 Å². The Balaban J connectivity index is 1.95. The topological polar surface area (TPSA) is 46.9 Å². The second-order valence-corrected chi connectivity index (χ2v) is 6.70. The van der Waals surface area contributed by atoms with Crippen LogP contribution < -0.4 is 10.9 Å². The number of nitrogens with one attached hydrogen (secondary N) is 1. The highest BCUT2D eigenvalue weighted by atomic mass is 19.1. The van der Waals surface area contributed by atoms with Gasteiger partial charge in [-0.1, -0.05) is 56.7 Å². The first-order valence-corrected chi connectivity index (χ1v) is 9.03. The predicted molar refractivity (Wildman–Crippen MR) is 103 cm³/mol. The molecule has 4 nitrogen and oxygen atoms in total. The number of halogens is 1. The van der Waals surface area contributed by atoms with Gasteiger partial charge in [0.1, 0.15) is 5.83 Å². The third-order valence-electron chi connectivity index (χ3n) is 4.54. The van der Waals surface area contributed by atoms with Crippen LogP contribution in [-0.2, 0) is 13.0 Å². The van der Waals surface area contributed by atoms with Crippen molar-refractivity contribution in [3.05, 3.63) is 82.1 Å². The molecular formula is C21H24FN3O. The van der Waals surface area contributed by atoms with Crippen molar-refractivity contribution < 1.29 is 4.39 Å². The zero-order valence-corrected chi connectivity index (χ0v) is 15.2. The van der Waals surface area contributed by atoms with Crippen LogP contribution in [0.2, 0.25) is 0 Å². The van der Waals surface area contributed by atoms with E-state index in [-0.39, 0.29) is 23.3 Å². The fraction of sp³-hybridized carbons (Fsp3) is 0.333. The molecular weight excluding hydrogens is 329 g/mol. The number of nitrogens with zero attached hydrogens (tertiary/aromatic N) is 2. The molecule has 1 heterocycles. The molecule has 2 aromatic rings. The lowest BCUT2D eigenvalue weighted by Gasteiger charge is -2.25. The molecule has 0 aliphatic heterocycles. The monoisotopic (exact) mass is 353 g/mol. The van der Waals surface area contributed by atoms with Crippen LogP contribution in [0.1, 0.15) is 31.4 Å². The Kier molecular flexibility index (Phi) is 5.66. The Labute approximate surface area is 153 Å². The van der Waals surface area contributed by atoms with Crippen molar-refractivity contribution in [2.75, 3.05) is 5.32 Å². The van der Waals surface area contributed by atoms with Crippen molar-refractivity contribution in [3.8, 4) is 0 Å². The summed E-state index contributed by atoms with van der Waals surface area (Å²) in [5.41, 5.74) is 1.59. The Morgan fingerprint density at radius 1 is 1.27 bits per heavy atom. The predicted octanol–water partition coefficient (Wildman–Crippen LogP) is 4.08. The highest BCUT2D eigenvalue weighted by molar-refractivity contribution is 5.36. The molecule has 0 spiro atoms. The van der Waals surface area contributed by atoms with E-state index in [1.54, 1.807) is 0 Å². The second-order valence-electron chi connectivity index (χ2n) is 6.70. The highest BCUT2D eigenvalue weighted by Gasteiger charge is 2.19. The van der Waals surface area contributed by atoms with E-state index in [1.807, 2.05) is 61.0 Å². The van der Waals surface area contributed by atoms with Crippen LogP contribution in [-0.4, -0.2) is 15.6 Å². The zero-order chi connectivity index (χ0) is 18.5. The van der Waals surface area contributed by atoms with Gasteiger partial charge in [0.25, 0.3) is 5.56 Å². The van der Waals surface area contributed by atoms with Gasteiger partial charge < -0.3 is 9.88 Å². The van der Waals surface area contributed by atoms with Gasteiger partial charge in [0.15, 0.2) is 0 Å². The molecule has 0 bridgehead atoms. The maximum absolute atomic E-state index is 13.6. The number of allylic oxidation sites excluding steroid dienone is 2. The molecule has 1 aromatic heterocycles. The first kappa shape index (κ1) is 18.1. The van der Waals surface area contributed by atoms with Crippen molar-refractivity contribution in [3.63, 3.8) is 0 Å². The molecule has 1 aliphatic rings. The number of hydrogen-bond acceptors (Lipinski definition) is 3. The van der Waals surface area contributed by atoms with Crippen LogP contribution in [0.5, 0.6) is 0 Å².